The van der Waals surface area contributed by atoms with Crippen molar-refractivity contribution in [3.05, 3.63) is 51.1 Å². The maximum Gasteiger partial charge on any atom is 0.415 e. The molecule has 0 N–H and O–H groups in total. The van der Waals surface area contributed by atoms with Crippen molar-refractivity contribution in [1.82, 2.24) is 0 Å². The van der Waals surface area contributed by atoms with Crippen molar-refractivity contribution in [1.29, 1.82) is 0 Å². The van der Waals surface area contributed by atoms with Gasteiger partial charge in [-0.3, -0.25) is 4.90 Å². The van der Waals surface area contributed by atoms with Gasteiger partial charge >= 0.3 is 6.09 Å². The quantitative estimate of drug-likeness (QED) is 0.503. The Morgan fingerprint density at radius 3 is 2.52 bits per heavy atom. The van der Waals surface area contributed by atoms with E-state index in [-0.39, 0.29) is 12.2 Å². The number of thiophene rings is 1. The van der Waals surface area contributed by atoms with Gasteiger partial charge in [0, 0.05) is 35.2 Å². The molecule has 0 spiro atoms. The average molecular weight is 476 g/mol. The number of carbonyl (C=O) groups is 1. The lowest BCUT2D eigenvalue weighted by molar-refractivity contribution is -0.947. The van der Waals surface area contributed by atoms with Crippen LogP contribution in [-0.4, -0.2) is 42.9 Å². The lowest BCUT2D eigenvalue weighted by atomic mass is 9.83. The molecule has 4 nitrogen and oxygen atoms in total. The van der Waals surface area contributed by atoms with Crippen molar-refractivity contribution in [2.45, 2.75) is 38.3 Å². The lowest BCUT2D eigenvalue weighted by Crippen LogP contribution is -2.65. The molecule has 29 heavy (non-hydrogen) atoms. The minimum absolute atomic E-state index is 0.0602. The SMILES string of the molecule is O=C(O[C@H]1C[N+]2(CC3CC3)CCC1CC2)N(Cc1ccc(Br)s1)c1ccccc1. The van der Waals surface area contributed by atoms with Gasteiger partial charge in [0.15, 0.2) is 6.10 Å². The zero-order valence-electron chi connectivity index (χ0n) is 16.6. The molecule has 4 fully saturated rings. The van der Waals surface area contributed by atoms with E-state index in [1.165, 1.54) is 49.8 Å². The molecule has 1 aromatic heterocycles. The molecule has 1 atom stereocenters. The van der Waals surface area contributed by atoms with E-state index in [2.05, 4.69) is 22.0 Å². The highest BCUT2D eigenvalue weighted by Gasteiger charge is 2.49. The Labute approximate surface area is 185 Å². The van der Waals surface area contributed by atoms with Gasteiger partial charge in [0.2, 0.25) is 0 Å². The zero-order valence-corrected chi connectivity index (χ0v) is 19.0. The number of fused-ring (bicyclic) bond motifs is 3. The predicted molar refractivity (Wildman–Crippen MR) is 120 cm³/mol. The molecule has 2 bridgehead atoms. The summed E-state index contributed by atoms with van der Waals surface area (Å²) in [7, 11) is 0. The number of ether oxygens (including phenoxy) is 1. The van der Waals surface area contributed by atoms with Gasteiger partial charge in [0.25, 0.3) is 0 Å². The van der Waals surface area contributed by atoms with Crippen LogP contribution >= 0.6 is 27.3 Å². The van der Waals surface area contributed by atoms with Crippen LogP contribution in [0.15, 0.2) is 46.3 Å². The van der Waals surface area contributed by atoms with Crippen LogP contribution in [0.5, 0.6) is 0 Å². The molecular weight excluding hydrogens is 448 g/mol. The van der Waals surface area contributed by atoms with Gasteiger partial charge in [0.1, 0.15) is 6.54 Å². The first-order valence-corrected chi connectivity index (χ1v) is 12.3. The van der Waals surface area contributed by atoms with E-state index in [0.29, 0.717) is 12.5 Å². The Hall–Kier alpha value is -1.37. The number of rotatable bonds is 6. The van der Waals surface area contributed by atoms with Crippen molar-refractivity contribution in [3.63, 3.8) is 0 Å². The third-order valence-electron chi connectivity index (χ3n) is 6.87. The first-order chi connectivity index (χ1) is 14.1. The van der Waals surface area contributed by atoms with Gasteiger partial charge in [0.05, 0.1) is 30.0 Å². The number of hydrogen-bond acceptors (Lipinski definition) is 3. The van der Waals surface area contributed by atoms with E-state index in [1.807, 2.05) is 36.4 Å². The molecule has 1 amide bonds. The van der Waals surface area contributed by atoms with Gasteiger partial charge < -0.3 is 9.22 Å². The molecule has 3 aliphatic heterocycles. The summed E-state index contributed by atoms with van der Waals surface area (Å²) in [5.41, 5.74) is 0.894. The second kappa shape index (κ2) is 8.05. The number of piperidine rings is 3. The second-order valence-corrected chi connectivity index (χ2v) is 11.5. The minimum Gasteiger partial charge on any atom is -0.440 e. The number of benzene rings is 1. The highest BCUT2D eigenvalue weighted by atomic mass is 79.9. The third kappa shape index (κ3) is 4.39. The lowest BCUT2D eigenvalue weighted by Gasteiger charge is -2.52. The zero-order chi connectivity index (χ0) is 19.8. The number of quaternary nitrogens is 1. The van der Waals surface area contributed by atoms with E-state index in [4.69, 9.17) is 4.74 Å². The molecule has 6 heteroatoms. The molecule has 4 heterocycles. The summed E-state index contributed by atoms with van der Waals surface area (Å²) in [5, 5.41) is 0. The third-order valence-corrected chi connectivity index (χ3v) is 8.48. The van der Waals surface area contributed by atoms with Crippen molar-refractivity contribution >= 4 is 39.0 Å². The fourth-order valence-corrected chi connectivity index (χ4v) is 6.59. The highest BCUT2D eigenvalue weighted by Crippen LogP contribution is 2.41. The molecule has 154 valence electrons. The average Bonchev–Trinajstić information content (AvgIpc) is 3.44. The molecule has 0 unspecified atom stereocenters. The largest absolute Gasteiger partial charge is 0.440 e. The molecule has 1 aromatic carbocycles. The van der Waals surface area contributed by atoms with Crippen molar-refractivity contribution in [3.8, 4) is 0 Å². The summed E-state index contributed by atoms with van der Waals surface area (Å²) in [6.45, 7) is 5.41. The van der Waals surface area contributed by atoms with Gasteiger partial charge in [-0.15, -0.1) is 11.3 Å². The monoisotopic (exact) mass is 475 g/mol. The maximum atomic E-state index is 13.3. The van der Waals surface area contributed by atoms with E-state index in [9.17, 15) is 4.79 Å². The van der Waals surface area contributed by atoms with E-state index in [1.54, 1.807) is 16.2 Å². The second-order valence-electron chi connectivity index (χ2n) is 8.98. The van der Waals surface area contributed by atoms with Crippen molar-refractivity contribution in [2.24, 2.45) is 11.8 Å². The molecule has 1 aliphatic carbocycles. The molecule has 2 aromatic rings. The molecule has 3 saturated heterocycles. The van der Waals surface area contributed by atoms with Crippen LogP contribution in [0.25, 0.3) is 0 Å². The van der Waals surface area contributed by atoms with Crippen LogP contribution in [0.3, 0.4) is 0 Å². The van der Waals surface area contributed by atoms with Gasteiger partial charge in [-0.05, 0) is 53.0 Å². The van der Waals surface area contributed by atoms with Crippen molar-refractivity contribution < 1.29 is 14.0 Å². The van der Waals surface area contributed by atoms with E-state index >= 15 is 0 Å². The standard InChI is InChI=1S/C23H28BrN2O2S/c24-22-9-8-20(29-22)14-25(19-4-2-1-3-5-19)23(27)28-21-16-26(15-17-6-7-17)12-10-18(21)11-13-26/h1-5,8-9,17-18,21H,6-7,10-16H2/q+1/t18?,21-,26?/m0/s1. The first kappa shape index (κ1) is 19.6. The smallest absolute Gasteiger partial charge is 0.415 e. The van der Waals surface area contributed by atoms with Crippen LogP contribution in [0.1, 0.15) is 30.6 Å². The predicted octanol–water partition coefficient (Wildman–Crippen LogP) is 5.67. The summed E-state index contributed by atoms with van der Waals surface area (Å²) in [6.07, 6.45) is 5.05. The minimum atomic E-state index is -0.205. The van der Waals surface area contributed by atoms with Gasteiger partial charge in [-0.1, -0.05) is 18.2 Å². The first-order valence-electron chi connectivity index (χ1n) is 10.7. The number of carbonyl (C=O) groups excluding carboxylic acids is 1. The number of halogens is 1. The fraction of sp³-hybridized carbons (Fsp3) is 0.522. The summed E-state index contributed by atoms with van der Waals surface area (Å²) < 4.78 is 8.48. The highest BCUT2D eigenvalue weighted by molar-refractivity contribution is 9.11. The van der Waals surface area contributed by atoms with Crippen LogP contribution < -0.4 is 4.90 Å². The molecular formula is C23H28BrN2O2S+. The summed E-state index contributed by atoms with van der Waals surface area (Å²) in [4.78, 5) is 16.3. The Balaban J connectivity index is 1.32. The van der Waals surface area contributed by atoms with Crippen LogP contribution in [0.4, 0.5) is 10.5 Å². The van der Waals surface area contributed by atoms with Gasteiger partial charge in [-0.2, -0.15) is 0 Å². The van der Waals surface area contributed by atoms with Crippen LogP contribution in [0, 0.1) is 11.8 Å². The number of amides is 1. The molecule has 4 aliphatic rings. The number of anilines is 1. The number of nitrogens with zero attached hydrogens (tertiary/aromatic N) is 2. The molecule has 1 saturated carbocycles. The fourth-order valence-electron chi connectivity index (χ4n) is 5.11. The summed E-state index contributed by atoms with van der Waals surface area (Å²) in [5.74, 6) is 1.45. The molecule has 0 radical (unpaired) electrons. The Bertz CT molecular complexity index is 859. The Morgan fingerprint density at radius 2 is 1.86 bits per heavy atom. The van der Waals surface area contributed by atoms with E-state index in [0.717, 1.165) is 26.8 Å². The van der Waals surface area contributed by atoms with Crippen LogP contribution in [0.2, 0.25) is 0 Å². The maximum absolute atomic E-state index is 13.3. The molecule has 6 rings (SSSR count). The van der Waals surface area contributed by atoms with Crippen molar-refractivity contribution in [2.75, 3.05) is 31.1 Å². The summed E-state index contributed by atoms with van der Waals surface area (Å²) in [6, 6.07) is 14.0. The Kier molecular flexibility index (Phi) is 5.43. The topological polar surface area (TPSA) is 29.5 Å². The normalized spacial score (nSPS) is 28.3. The summed E-state index contributed by atoms with van der Waals surface area (Å²) >= 11 is 5.19. The Morgan fingerprint density at radius 1 is 1.10 bits per heavy atom. The van der Waals surface area contributed by atoms with E-state index < -0.39 is 0 Å². The number of para-hydroxylation sites is 1. The number of hydrogen-bond donors (Lipinski definition) is 0. The van der Waals surface area contributed by atoms with Crippen LogP contribution in [-0.2, 0) is 11.3 Å². The van der Waals surface area contributed by atoms with Gasteiger partial charge in [-0.25, -0.2) is 4.79 Å².